The van der Waals surface area contributed by atoms with Gasteiger partial charge in [-0.25, -0.2) is 0 Å². The number of nitrogens with one attached hydrogen (secondary N) is 1. The summed E-state index contributed by atoms with van der Waals surface area (Å²) in [5.74, 6) is 0.253. The third-order valence-corrected chi connectivity index (χ3v) is 4.73. The lowest BCUT2D eigenvalue weighted by molar-refractivity contribution is -0.130. The number of rotatable bonds is 6. The highest BCUT2D eigenvalue weighted by Gasteiger charge is 2.53. The van der Waals surface area contributed by atoms with E-state index < -0.39 is 5.54 Å². The Morgan fingerprint density at radius 1 is 1.40 bits per heavy atom. The minimum atomic E-state index is -0.519. The van der Waals surface area contributed by atoms with Crippen LogP contribution in [0.2, 0.25) is 0 Å². The Balaban J connectivity index is 1.73. The van der Waals surface area contributed by atoms with Crippen LogP contribution in [0.5, 0.6) is 0 Å². The highest BCUT2D eigenvalue weighted by atomic mass is 16.5. The lowest BCUT2D eigenvalue weighted by atomic mass is 9.90. The van der Waals surface area contributed by atoms with E-state index in [2.05, 4.69) is 24.1 Å². The standard InChI is InChI=1S/C15H27N3O2/c1-14(2)9-18(7-8-20-14)10-15(13(16)19,11-3-4-11)17-12-5-6-12/h11-12,17H,3-10H2,1-2H3,(H2,16,19). The molecule has 0 spiro atoms. The van der Waals surface area contributed by atoms with Crippen LogP contribution in [-0.4, -0.2) is 54.2 Å². The van der Waals surface area contributed by atoms with E-state index in [4.69, 9.17) is 10.5 Å². The molecule has 0 aromatic heterocycles. The van der Waals surface area contributed by atoms with Gasteiger partial charge < -0.3 is 10.5 Å². The number of nitrogens with two attached hydrogens (primary N) is 1. The summed E-state index contributed by atoms with van der Waals surface area (Å²) >= 11 is 0. The monoisotopic (exact) mass is 281 g/mol. The molecular weight excluding hydrogens is 254 g/mol. The van der Waals surface area contributed by atoms with Gasteiger partial charge in [-0.1, -0.05) is 0 Å². The molecule has 2 aliphatic carbocycles. The molecule has 5 nitrogen and oxygen atoms in total. The van der Waals surface area contributed by atoms with Gasteiger partial charge in [-0.3, -0.25) is 15.0 Å². The number of hydrogen-bond donors (Lipinski definition) is 2. The minimum absolute atomic E-state index is 0.134. The van der Waals surface area contributed by atoms with Crippen LogP contribution in [-0.2, 0) is 9.53 Å². The van der Waals surface area contributed by atoms with Crippen molar-refractivity contribution < 1.29 is 9.53 Å². The van der Waals surface area contributed by atoms with Crippen LogP contribution < -0.4 is 11.1 Å². The molecule has 1 amide bonds. The number of hydrogen-bond acceptors (Lipinski definition) is 4. The maximum absolute atomic E-state index is 12.2. The summed E-state index contributed by atoms with van der Waals surface area (Å²) in [5, 5.41) is 3.58. The molecule has 5 heteroatoms. The predicted molar refractivity (Wildman–Crippen MR) is 77.3 cm³/mol. The van der Waals surface area contributed by atoms with E-state index >= 15 is 0 Å². The number of amides is 1. The number of carbonyl (C=O) groups is 1. The zero-order valence-electron chi connectivity index (χ0n) is 12.7. The van der Waals surface area contributed by atoms with Gasteiger partial charge in [-0.05, 0) is 45.4 Å². The molecule has 1 heterocycles. The highest BCUT2D eigenvalue weighted by molar-refractivity contribution is 5.86. The van der Waals surface area contributed by atoms with Gasteiger partial charge in [0.1, 0.15) is 5.54 Å². The molecule has 1 unspecified atom stereocenters. The number of carbonyl (C=O) groups excluding carboxylic acids is 1. The Kier molecular flexibility index (Phi) is 3.55. The van der Waals surface area contributed by atoms with Crippen molar-refractivity contribution in [3.8, 4) is 0 Å². The van der Waals surface area contributed by atoms with Gasteiger partial charge in [0, 0.05) is 25.7 Å². The summed E-state index contributed by atoms with van der Waals surface area (Å²) in [5.41, 5.74) is 5.16. The van der Waals surface area contributed by atoms with E-state index in [1.807, 2.05) is 0 Å². The molecule has 3 rings (SSSR count). The van der Waals surface area contributed by atoms with Crippen LogP contribution in [0.25, 0.3) is 0 Å². The summed E-state index contributed by atoms with van der Waals surface area (Å²) in [6.45, 7) is 7.43. The van der Waals surface area contributed by atoms with Gasteiger partial charge in [0.25, 0.3) is 0 Å². The molecule has 3 fully saturated rings. The van der Waals surface area contributed by atoms with Crippen LogP contribution in [0.1, 0.15) is 39.5 Å². The zero-order chi connectivity index (χ0) is 14.4. The van der Waals surface area contributed by atoms with Crippen LogP contribution in [0.3, 0.4) is 0 Å². The van der Waals surface area contributed by atoms with Gasteiger partial charge >= 0.3 is 0 Å². The van der Waals surface area contributed by atoms with Crippen molar-refractivity contribution in [2.45, 2.75) is 56.7 Å². The zero-order valence-corrected chi connectivity index (χ0v) is 12.7. The fraction of sp³-hybridized carbons (Fsp3) is 0.933. The fourth-order valence-corrected chi connectivity index (χ4v) is 3.41. The topological polar surface area (TPSA) is 67.6 Å². The maximum atomic E-state index is 12.2. The number of primary amides is 1. The van der Waals surface area contributed by atoms with E-state index in [0.29, 0.717) is 12.0 Å². The molecule has 0 bridgehead atoms. The summed E-state index contributed by atoms with van der Waals surface area (Å²) < 4.78 is 5.76. The van der Waals surface area contributed by atoms with Crippen LogP contribution >= 0.6 is 0 Å². The molecule has 114 valence electrons. The van der Waals surface area contributed by atoms with Gasteiger partial charge in [0.05, 0.1) is 12.2 Å². The van der Waals surface area contributed by atoms with E-state index in [-0.39, 0.29) is 11.5 Å². The van der Waals surface area contributed by atoms with E-state index in [1.54, 1.807) is 0 Å². The molecule has 0 radical (unpaired) electrons. The second kappa shape index (κ2) is 4.97. The molecule has 1 atom stereocenters. The predicted octanol–water partition coefficient (Wildman–Crippen LogP) is 0.483. The van der Waals surface area contributed by atoms with Gasteiger partial charge in [0.2, 0.25) is 5.91 Å². The fourth-order valence-electron chi connectivity index (χ4n) is 3.41. The van der Waals surface area contributed by atoms with E-state index in [0.717, 1.165) is 39.1 Å². The maximum Gasteiger partial charge on any atom is 0.239 e. The largest absolute Gasteiger partial charge is 0.373 e. The summed E-state index contributed by atoms with van der Waals surface area (Å²) in [7, 11) is 0. The number of morpholine rings is 1. The third-order valence-electron chi connectivity index (χ3n) is 4.73. The Bertz CT molecular complexity index is 391. The summed E-state index contributed by atoms with van der Waals surface area (Å²) in [4.78, 5) is 14.6. The van der Waals surface area contributed by atoms with E-state index in [9.17, 15) is 4.79 Å². The Labute approximate surface area is 121 Å². The quantitative estimate of drug-likeness (QED) is 0.743. The SMILES string of the molecule is CC1(C)CN(CC(NC2CC2)(C(N)=O)C2CC2)CCO1. The molecule has 3 N–H and O–H groups in total. The van der Waals surface area contributed by atoms with Crippen molar-refractivity contribution in [2.75, 3.05) is 26.2 Å². The van der Waals surface area contributed by atoms with Crippen LogP contribution in [0.15, 0.2) is 0 Å². The molecular formula is C15H27N3O2. The minimum Gasteiger partial charge on any atom is -0.373 e. The summed E-state index contributed by atoms with van der Waals surface area (Å²) in [6.07, 6.45) is 4.60. The van der Waals surface area contributed by atoms with Crippen molar-refractivity contribution in [3.05, 3.63) is 0 Å². The lowest BCUT2D eigenvalue weighted by Gasteiger charge is -2.43. The second-order valence-corrected chi connectivity index (χ2v) is 7.35. The Morgan fingerprint density at radius 3 is 2.60 bits per heavy atom. The Hall–Kier alpha value is -0.650. The van der Waals surface area contributed by atoms with Crippen LogP contribution in [0, 0.1) is 5.92 Å². The Morgan fingerprint density at radius 2 is 2.10 bits per heavy atom. The molecule has 20 heavy (non-hydrogen) atoms. The average Bonchev–Trinajstić information content (AvgIpc) is 3.21. The molecule has 2 saturated carbocycles. The third kappa shape index (κ3) is 3.00. The number of ether oxygens (including phenoxy) is 1. The average molecular weight is 281 g/mol. The van der Waals surface area contributed by atoms with Gasteiger partial charge in [0.15, 0.2) is 0 Å². The van der Waals surface area contributed by atoms with Crippen molar-refractivity contribution in [1.82, 2.24) is 10.2 Å². The molecule has 1 saturated heterocycles. The molecule has 0 aromatic carbocycles. The molecule has 3 aliphatic rings. The van der Waals surface area contributed by atoms with Gasteiger partial charge in [-0.15, -0.1) is 0 Å². The first kappa shape index (κ1) is 14.3. The van der Waals surface area contributed by atoms with Crippen molar-refractivity contribution in [2.24, 2.45) is 11.7 Å². The lowest BCUT2D eigenvalue weighted by Crippen LogP contribution is -2.65. The smallest absolute Gasteiger partial charge is 0.239 e. The van der Waals surface area contributed by atoms with Gasteiger partial charge in [-0.2, -0.15) is 0 Å². The molecule has 0 aromatic rings. The van der Waals surface area contributed by atoms with Crippen molar-refractivity contribution in [1.29, 1.82) is 0 Å². The summed E-state index contributed by atoms with van der Waals surface area (Å²) in [6, 6.07) is 0.497. The number of nitrogens with zero attached hydrogens (tertiary/aromatic N) is 1. The second-order valence-electron chi connectivity index (χ2n) is 7.35. The van der Waals surface area contributed by atoms with Crippen LogP contribution in [0.4, 0.5) is 0 Å². The molecule has 1 aliphatic heterocycles. The van der Waals surface area contributed by atoms with E-state index in [1.165, 1.54) is 12.8 Å². The van der Waals surface area contributed by atoms with Crippen molar-refractivity contribution >= 4 is 5.91 Å². The first-order valence-corrected chi connectivity index (χ1v) is 7.85. The normalized spacial score (nSPS) is 29.9. The first-order chi connectivity index (χ1) is 9.41. The van der Waals surface area contributed by atoms with Crippen molar-refractivity contribution in [3.63, 3.8) is 0 Å². The first-order valence-electron chi connectivity index (χ1n) is 7.85. The highest BCUT2D eigenvalue weighted by Crippen LogP contribution is 2.42.